The van der Waals surface area contributed by atoms with Crippen molar-refractivity contribution < 1.29 is 14.3 Å². The summed E-state index contributed by atoms with van der Waals surface area (Å²) in [5, 5.41) is 8.52. The lowest BCUT2D eigenvalue weighted by Crippen LogP contribution is -2.61. The second-order valence-corrected chi connectivity index (χ2v) is 8.73. The summed E-state index contributed by atoms with van der Waals surface area (Å²) >= 11 is 6.21. The summed E-state index contributed by atoms with van der Waals surface area (Å²) in [6, 6.07) is -0.0533. The molecule has 5 N–H and O–H groups in total. The zero-order valence-electron chi connectivity index (χ0n) is 15.8. The number of alkyl halides is 1. The van der Waals surface area contributed by atoms with Gasteiger partial charge in [0.2, 0.25) is 5.91 Å². The molecule has 0 aliphatic carbocycles. The summed E-state index contributed by atoms with van der Waals surface area (Å²) in [6.45, 7) is 4.46. The Labute approximate surface area is 165 Å². The summed E-state index contributed by atoms with van der Waals surface area (Å²) in [4.78, 5) is 15.3. The number of halogens is 1. The molecule has 0 saturated carbocycles. The Balaban J connectivity index is 1.40. The molecule has 0 bridgehead atoms. The number of nitrogens with one attached hydrogen (secondary N) is 3. The number of rotatable bonds is 4. The normalized spacial score (nSPS) is 43.6. The van der Waals surface area contributed by atoms with E-state index in [4.69, 9.17) is 26.8 Å². The van der Waals surface area contributed by atoms with Gasteiger partial charge in [-0.05, 0) is 19.9 Å². The molecule has 0 spiro atoms. The number of fused-ring (bicyclic) bond motifs is 1. The number of amides is 1. The van der Waals surface area contributed by atoms with E-state index in [1.165, 1.54) is 0 Å². The maximum atomic E-state index is 13.1. The first-order valence-corrected chi connectivity index (χ1v) is 10.3. The van der Waals surface area contributed by atoms with Gasteiger partial charge in [-0.3, -0.25) is 10.1 Å². The van der Waals surface area contributed by atoms with Crippen molar-refractivity contribution in [1.82, 2.24) is 26.0 Å². The number of hydrazine groups is 1. The van der Waals surface area contributed by atoms with Gasteiger partial charge in [0.1, 0.15) is 0 Å². The number of nitrogens with zero attached hydrogens (tertiary/aromatic N) is 2. The fourth-order valence-electron chi connectivity index (χ4n) is 4.52. The highest BCUT2D eigenvalue weighted by Gasteiger charge is 2.47. The lowest BCUT2D eigenvalue weighted by atomic mass is 9.98. The minimum Gasteiger partial charge on any atom is -0.379 e. The van der Waals surface area contributed by atoms with Gasteiger partial charge >= 0.3 is 0 Å². The number of carbonyl (C=O) groups is 1. The number of likely N-dealkylation sites (N-methyl/N-ethyl adjacent to an activating group) is 1. The van der Waals surface area contributed by atoms with E-state index < -0.39 is 6.17 Å². The van der Waals surface area contributed by atoms with Crippen molar-refractivity contribution in [2.24, 2.45) is 11.7 Å². The van der Waals surface area contributed by atoms with E-state index in [-0.39, 0.29) is 41.6 Å². The van der Waals surface area contributed by atoms with Gasteiger partial charge in [-0.1, -0.05) is 0 Å². The molecular weight excluding hydrogens is 372 g/mol. The zero-order chi connectivity index (χ0) is 19.0. The van der Waals surface area contributed by atoms with Crippen molar-refractivity contribution in [3.05, 3.63) is 0 Å². The van der Waals surface area contributed by atoms with Gasteiger partial charge in [0.15, 0.2) is 0 Å². The molecule has 4 rings (SSSR count). The average molecular weight is 403 g/mol. The molecule has 27 heavy (non-hydrogen) atoms. The van der Waals surface area contributed by atoms with E-state index in [2.05, 4.69) is 28.0 Å². The van der Waals surface area contributed by atoms with Gasteiger partial charge in [-0.25, -0.2) is 10.4 Å². The number of nitrogens with two attached hydrogens (primary N) is 1. The van der Waals surface area contributed by atoms with Gasteiger partial charge in [0.05, 0.1) is 48.5 Å². The highest BCUT2D eigenvalue weighted by atomic mass is 35.5. The van der Waals surface area contributed by atoms with Crippen molar-refractivity contribution in [3.63, 3.8) is 0 Å². The van der Waals surface area contributed by atoms with E-state index >= 15 is 0 Å². The molecule has 4 aliphatic heterocycles. The molecule has 0 aromatic rings. The Hall–Kier alpha value is -0.520. The lowest BCUT2D eigenvalue weighted by molar-refractivity contribution is -0.130. The Morgan fingerprint density at radius 2 is 2.22 bits per heavy atom. The van der Waals surface area contributed by atoms with Crippen LogP contribution in [0.1, 0.15) is 12.8 Å². The van der Waals surface area contributed by atoms with Crippen LogP contribution < -0.4 is 21.8 Å². The van der Waals surface area contributed by atoms with E-state index in [0.29, 0.717) is 19.7 Å². The van der Waals surface area contributed by atoms with E-state index in [0.717, 1.165) is 32.5 Å². The number of ether oxygens (including phenoxy) is 2. The van der Waals surface area contributed by atoms with Crippen LogP contribution in [0.15, 0.2) is 0 Å². The van der Waals surface area contributed by atoms with Crippen molar-refractivity contribution in [3.8, 4) is 0 Å². The van der Waals surface area contributed by atoms with E-state index in [1.54, 1.807) is 0 Å². The number of carbonyl (C=O) groups excluding carboxylic acids is 1. The molecular formula is C17H31ClN6O3. The number of likely N-dealkylation sites (tertiary alicyclic amines) is 1. The third-order valence-corrected chi connectivity index (χ3v) is 6.25. The molecule has 0 aromatic heterocycles. The fraction of sp³-hybridized carbons (Fsp3) is 0.941. The van der Waals surface area contributed by atoms with Crippen LogP contribution in [0.25, 0.3) is 0 Å². The third kappa shape index (κ3) is 4.40. The quantitative estimate of drug-likeness (QED) is 0.410. The summed E-state index contributed by atoms with van der Waals surface area (Å²) in [5.74, 6) is -0.420. The van der Waals surface area contributed by atoms with Crippen molar-refractivity contribution >= 4 is 17.5 Å². The first kappa shape index (κ1) is 19.8. The van der Waals surface area contributed by atoms with Crippen LogP contribution in [-0.2, 0) is 14.3 Å². The Morgan fingerprint density at radius 3 is 3.00 bits per heavy atom. The third-order valence-electron chi connectivity index (χ3n) is 5.96. The van der Waals surface area contributed by atoms with Crippen LogP contribution in [0.4, 0.5) is 0 Å². The van der Waals surface area contributed by atoms with Crippen LogP contribution in [0, 0.1) is 5.92 Å². The van der Waals surface area contributed by atoms with Crippen LogP contribution in [0.3, 0.4) is 0 Å². The predicted octanol–water partition coefficient (Wildman–Crippen LogP) is -1.76. The topological polar surface area (TPSA) is 104 Å². The maximum absolute atomic E-state index is 13.1. The van der Waals surface area contributed by atoms with Gasteiger partial charge in [-0.2, -0.15) is 0 Å². The summed E-state index contributed by atoms with van der Waals surface area (Å²) < 4.78 is 11.7. The zero-order valence-corrected chi connectivity index (χ0v) is 16.5. The summed E-state index contributed by atoms with van der Waals surface area (Å²) in [7, 11) is 2.07. The molecule has 7 atom stereocenters. The van der Waals surface area contributed by atoms with Crippen molar-refractivity contribution in [1.29, 1.82) is 0 Å². The Morgan fingerprint density at radius 1 is 1.37 bits per heavy atom. The first-order chi connectivity index (χ1) is 13.0. The van der Waals surface area contributed by atoms with Crippen LogP contribution >= 0.6 is 11.6 Å². The van der Waals surface area contributed by atoms with E-state index in [9.17, 15) is 4.79 Å². The maximum Gasteiger partial charge on any atom is 0.229 e. The molecule has 154 valence electrons. The second kappa shape index (κ2) is 8.46. The van der Waals surface area contributed by atoms with Crippen LogP contribution in [-0.4, -0.2) is 98.2 Å². The lowest BCUT2D eigenvalue weighted by Gasteiger charge is -2.39. The summed E-state index contributed by atoms with van der Waals surface area (Å²) in [5.41, 5.74) is 9.41. The minimum absolute atomic E-state index is 0.00108. The minimum atomic E-state index is -0.437. The molecule has 6 unspecified atom stereocenters. The average Bonchev–Trinajstić information content (AvgIpc) is 3.23. The van der Waals surface area contributed by atoms with Crippen molar-refractivity contribution in [2.75, 3.05) is 46.4 Å². The number of hydrogen-bond acceptors (Lipinski definition) is 8. The largest absolute Gasteiger partial charge is 0.379 e. The standard InChI is InChI=1S/C17H31ClN6O3/c1-23-4-2-13(27-11-3-5-26-9-11)12(8-23)21-17(25)14-15(19)22-24-7-10(18)6-20-16(14)24/h10-16,20,22H,2-9,19H2,1H3,(H,21,25)/t10?,11-,12?,13?,14?,15?,16?/m0/s1. The predicted molar refractivity (Wildman–Crippen MR) is 101 cm³/mol. The molecule has 10 heteroatoms. The molecule has 1 amide bonds. The summed E-state index contributed by atoms with van der Waals surface area (Å²) in [6.07, 6.45) is 1.38. The molecule has 4 saturated heterocycles. The van der Waals surface area contributed by atoms with Gasteiger partial charge < -0.3 is 25.4 Å². The van der Waals surface area contributed by atoms with Gasteiger partial charge in [0.25, 0.3) is 0 Å². The molecule has 9 nitrogen and oxygen atoms in total. The second-order valence-electron chi connectivity index (χ2n) is 8.11. The van der Waals surface area contributed by atoms with Gasteiger partial charge in [0, 0.05) is 32.8 Å². The number of hydrogen-bond donors (Lipinski definition) is 4. The molecule has 4 heterocycles. The molecule has 0 aromatic carbocycles. The monoisotopic (exact) mass is 402 g/mol. The highest BCUT2D eigenvalue weighted by Crippen LogP contribution is 2.24. The van der Waals surface area contributed by atoms with Crippen molar-refractivity contribution in [2.45, 2.75) is 48.8 Å². The SMILES string of the molecule is CN1CCC(O[C@H]2CCOC2)C(NC(=O)C2C(N)NN3CC(Cl)CNC23)C1. The number of piperidine rings is 1. The fourth-order valence-corrected chi connectivity index (χ4v) is 4.76. The molecule has 4 fully saturated rings. The Kier molecular flexibility index (Phi) is 6.20. The van der Waals surface area contributed by atoms with Crippen LogP contribution in [0.2, 0.25) is 0 Å². The van der Waals surface area contributed by atoms with E-state index in [1.807, 2.05) is 5.01 Å². The Bertz CT molecular complexity index is 537. The van der Waals surface area contributed by atoms with Crippen LogP contribution in [0.5, 0.6) is 0 Å². The highest BCUT2D eigenvalue weighted by molar-refractivity contribution is 6.21. The molecule has 4 aliphatic rings. The molecule has 0 radical (unpaired) electrons. The first-order valence-electron chi connectivity index (χ1n) is 9.89. The van der Waals surface area contributed by atoms with Gasteiger partial charge in [-0.15, -0.1) is 11.6 Å². The smallest absolute Gasteiger partial charge is 0.229 e.